The van der Waals surface area contributed by atoms with Crippen LogP contribution in [0, 0.1) is 6.92 Å². The fourth-order valence-corrected chi connectivity index (χ4v) is 3.77. The molecule has 3 aliphatic heterocycles. The fourth-order valence-electron chi connectivity index (χ4n) is 3.77. The number of hydrogen-bond donors (Lipinski definition) is 0. The van der Waals surface area contributed by atoms with Crippen LogP contribution < -0.4 is 0 Å². The van der Waals surface area contributed by atoms with Crippen molar-refractivity contribution in [2.24, 2.45) is 5.16 Å². The summed E-state index contributed by atoms with van der Waals surface area (Å²) >= 11 is 0. The Kier molecular flexibility index (Phi) is 4.24. The van der Waals surface area contributed by atoms with Crippen LogP contribution in [0.4, 0.5) is 0 Å². The minimum Gasteiger partial charge on any atom is -0.382 e. The molecule has 1 atom stereocenters. The van der Waals surface area contributed by atoms with Gasteiger partial charge in [0.2, 0.25) is 6.10 Å². The Morgan fingerprint density at radius 3 is 2.68 bits per heavy atom. The SMILES string of the molecule is CCn1ncc(C2=NOC(C(=O)N3CCC4(CC3)OCCO4)C2)c1C. The van der Waals surface area contributed by atoms with Crippen LogP contribution in [0.2, 0.25) is 0 Å². The van der Waals surface area contributed by atoms with Crippen LogP contribution in [0.3, 0.4) is 0 Å². The van der Waals surface area contributed by atoms with E-state index in [1.54, 1.807) is 6.20 Å². The maximum atomic E-state index is 12.8. The average molecular weight is 348 g/mol. The lowest BCUT2D eigenvalue weighted by atomic mass is 10.0. The van der Waals surface area contributed by atoms with Crippen LogP contribution in [0.15, 0.2) is 11.4 Å². The second kappa shape index (κ2) is 6.42. The van der Waals surface area contributed by atoms with Gasteiger partial charge in [-0.2, -0.15) is 5.10 Å². The molecule has 0 N–H and O–H groups in total. The largest absolute Gasteiger partial charge is 0.382 e. The Bertz CT molecular complexity index is 683. The molecule has 0 bridgehead atoms. The highest BCUT2D eigenvalue weighted by Crippen LogP contribution is 2.32. The van der Waals surface area contributed by atoms with E-state index in [2.05, 4.69) is 10.3 Å². The molecule has 1 unspecified atom stereocenters. The van der Waals surface area contributed by atoms with Gasteiger partial charge in [0.25, 0.3) is 5.91 Å². The molecule has 0 radical (unpaired) electrons. The van der Waals surface area contributed by atoms with Crippen LogP contribution in [0.5, 0.6) is 0 Å². The lowest BCUT2D eigenvalue weighted by Crippen LogP contribution is -2.50. The van der Waals surface area contributed by atoms with Gasteiger partial charge in [0, 0.05) is 50.2 Å². The molecule has 4 rings (SSSR count). The Hall–Kier alpha value is -1.93. The van der Waals surface area contributed by atoms with Crippen molar-refractivity contribution in [1.82, 2.24) is 14.7 Å². The number of aromatic nitrogens is 2. The summed E-state index contributed by atoms with van der Waals surface area (Å²) in [5.74, 6) is -0.479. The highest BCUT2D eigenvalue weighted by Gasteiger charge is 2.43. The van der Waals surface area contributed by atoms with Crippen LogP contribution >= 0.6 is 0 Å². The highest BCUT2D eigenvalue weighted by molar-refractivity contribution is 6.04. The normalized spacial score (nSPS) is 25.3. The van der Waals surface area contributed by atoms with Gasteiger partial charge in [0.15, 0.2) is 5.79 Å². The third kappa shape index (κ3) is 2.93. The van der Waals surface area contributed by atoms with E-state index in [1.165, 1.54) is 0 Å². The minimum absolute atomic E-state index is 0.00728. The average Bonchev–Trinajstić information content (AvgIpc) is 3.35. The highest BCUT2D eigenvalue weighted by atomic mass is 16.7. The number of carbonyl (C=O) groups excluding carboxylic acids is 1. The van der Waals surface area contributed by atoms with E-state index < -0.39 is 11.9 Å². The van der Waals surface area contributed by atoms with E-state index in [9.17, 15) is 4.79 Å². The van der Waals surface area contributed by atoms with Crippen molar-refractivity contribution in [3.8, 4) is 0 Å². The number of rotatable bonds is 3. The molecule has 0 saturated carbocycles. The molecule has 8 nitrogen and oxygen atoms in total. The third-order valence-corrected chi connectivity index (χ3v) is 5.31. The van der Waals surface area contributed by atoms with Crippen molar-refractivity contribution < 1.29 is 19.1 Å². The smallest absolute Gasteiger partial charge is 0.266 e. The summed E-state index contributed by atoms with van der Waals surface area (Å²) < 4.78 is 13.3. The molecular formula is C17H24N4O4. The molecular weight excluding hydrogens is 324 g/mol. The molecule has 1 spiro atoms. The summed E-state index contributed by atoms with van der Waals surface area (Å²) in [6.07, 6.45) is 3.17. The molecule has 3 aliphatic rings. The molecule has 8 heteroatoms. The molecule has 0 aromatic carbocycles. The summed E-state index contributed by atoms with van der Waals surface area (Å²) in [4.78, 5) is 20.0. The number of piperidine rings is 1. The third-order valence-electron chi connectivity index (χ3n) is 5.31. The molecule has 2 fully saturated rings. The van der Waals surface area contributed by atoms with E-state index in [4.69, 9.17) is 14.3 Å². The van der Waals surface area contributed by atoms with E-state index in [-0.39, 0.29) is 5.91 Å². The predicted octanol–water partition coefficient (Wildman–Crippen LogP) is 1.07. The molecule has 0 aliphatic carbocycles. The number of hydrogen-bond acceptors (Lipinski definition) is 6. The van der Waals surface area contributed by atoms with Crippen molar-refractivity contribution >= 4 is 11.6 Å². The molecule has 1 aromatic rings. The zero-order chi connectivity index (χ0) is 17.4. The lowest BCUT2D eigenvalue weighted by molar-refractivity contribution is -0.189. The van der Waals surface area contributed by atoms with E-state index >= 15 is 0 Å². The van der Waals surface area contributed by atoms with Gasteiger partial charge in [0.1, 0.15) is 0 Å². The van der Waals surface area contributed by atoms with Gasteiger partial charge in [-0.1, -0.05) is 5.16 Å². The topological polar surface area (TPSA) is 78.2 Å². The first-order valence-corrected chi connectivity index (χ1v) is 8.94. The van der Waals surface area contributed by atoms with Crippen LogP contribution in [-0.2, 0) is 25.7 Å². The monoisotopic (exact) mass is 348 g/mol. The molecule has 1 aromatic heterocycles. The van der Waals surface area contributed by atoms with Crippen LogP contribution in [0.25, 0.3) is 0 Å². The summed E-state index contributed by atoms with van der Waals surface area (Å²) in [5.41, 5.74) is 2.81. The van der Waals surface area contributed by atoms with Crippen molar-refractivity contribution in [2.75, 3.05) is 26.3 Å². The summed E-state index contributed by atoms with van der Waals surface area (Å²) in [6, 6.07) is 0. The number of ether oxygens (including phenoxy) is 2. The fraction of sp³-hybridized carbons (Fsp3) is 0.706. The van der Waals surface area contributed by atoms with Crippen molar-refractivity contribution in [2.45, 2.75) is 51.5 Å². The number of oxime groups is 1. The number of aryl methyl sites for hydroxylation is 1. The van der Waals surface area contributed by atoms with Gasteiger partial charge < -0.3 is 19.2 Å². The van der Waals surface area contributed by atoms with Crippen LogP contribution in [0.1, 0.15) is 37.4 Å². The van der Waals surface area contributed by atoms with E-state index in [0.717, 1.165) is 23.5 Å². The second-order valence-electron chi connectivity index (χ2n) is 6.73. The van der Waals surface area contributed by atoms with Gasteiger partial charge in [-0.3, -0.25) is 9.48 Å². The molecule has 136 valence electrons. The van der Waals surface area contributed by atoms with E-state index in [0.29, 0.717) is 45.6 Å². The van der Waals surface area contributed by atoms with Crippen molar-refractivity contribution in [3.63, 3.8) is 0 Å². The Morgan fingerprint density at radius 1 is 1.32 bits per heavy atom. The predicted molar refractivity (Wildman–Crippen MR) is 89.1 cm³/mol. The van der Waals surface area contributed by atoms with Crippen molar-refractivity contribution in [3.05, 3.63) is 17.5 Å². The van der Waals surface area contributed by atoms with E-state index in [1.807, 2.05) is 23.4 Å². The maximum Gasteiger partial charge on any atom is 0.266 e. The standard InChI is InChI=1S/C17H24N4O4/c1-3-21-12(2)13(11-18-21)14-10-15(25-19-14)16(22)20-6-4-17(5-7-20)23-8-9-24-17/h11,15H,3-10H2,1-2H3. The number of carbonyl (C=O) groups is 1. The first-order valence-electron chi connectivity index (χ1n) is 8.94. The number of amides is 1. The Labute approximate surface area is 146 Å². The Balaban J connectivity index is 1.36. The van der Waals surface area contributed by atoms with Gasteiger partial charge in [-0.05, 0) is 13.8 Å². The first kappa shape index (κ1) is 16.5. The van der Waals surface area contributed by atoms with Crippen LogP contribution in [-0.4, -0.2) is 64.5 Å². The molecule has 25 heavy (non-hydrogen) atoms. The van der Waals surface area contributed by atoms with Gasteiger partial charge in [-0.25, -0.2) is 0 Å². The first-order chi connectivity index (χ1) is 12.1. The van der Waals surface area contributed by atoms with Gasteiger partial charge >= 0.3 is 0 Å². The minimum atomic E-state index is -0.543. The summed E-state index contributed by atoms with van der Waals surface area (Å²) in [6.45, 7) is 7.39. The second-order valence-corrected chi connectivity index (χ2v) is 6.73. The quantitative estimate of drug-likeness (QED) is 0.816. The Morgan fingerprint density at radius 2 is 2.04 bits per heavy atom. The zero-order valence-corrected chi connectivity index (χ0v) is 14.7. The van der Waals surface area contributed by atoms with Gasteiger partial charge in [-0.15, -0.1) is 0 Å². The number of likely N-dealkylation sites (tertiary alicyclic amines) is 1. The molecule has 4 heterocycles. The lowest BCUT2D eigenvalue weighted by Gasteiger charge is -2.38. The van der Waals surface area contributed by atoms with Gasteiger partial charge in [0.05, 0.1) is 25.1 Å². The summed E-state index contributed by atoms with van der Waals surface area (Å²) in [7, 11) is 0. The number of nitrogens with zero attached hydrogens (tertiary/aromatic N) is 4. The molecule has 2 saturated heterocycles. The van der Waals surface area contributed by atoms with Crippen molar-refractivity contribution in [1.29, 1.82) is 0 Å². The zero-order valence-electron chi connectivity index (χ0n) is 14.7. The molecule has 1 amide bonds. The summed E-state index contributed by atoms with van der Waals surface area (Å²) in [5, 5.41) is 8.49. The maximum absolute atomic E-state index is 12.8.